The Morgan fingerprint density at radius 1 is 1.50 bits per heavy atom. The van der Waals surface area contributed by atoms with Gasteiger partial charge in [0.15, 0.2) is 9.84 Å². The number of carbonyl (C=O) groups excluding carboxylic acids is 1. The molecule has 1 fully saturated rings. The smallest absolute Gasteiger partial charge is 0.221 e. The number of nitrogens with one attached hydrogen (secondary N) is 1. The van der Waals surface area contributed by atoms with Gasteiger partial charge in [0.25, 0.3) is 0 Å². The molecule has 16 heavy (non-hydrogen) atoms. The maximum Gasteiger partial charge on any atom is 0.221 e. The van der Waals surface area contributed by atoms with Crippen molar-refractivity contribution in [3.63, 3.8) is 0 Å². The molecule has 0 radical (unpaired) electrons. The average molecular weight is 248 g/mol. The van der Waals surface area contributed by atoms with Crippen LogP contribution in [0, 0.1) is 0 Å². The van der Waals surface area contributed by atoms with Crippen LogP contribution < -0.4 is 11.1 Å². The van der Waals surface area contributed by atoms with Crippen LogP contribution >= 0.6 is 0 Å². The maximum atomic E-state index is 11.7. The summed E-state index contributed by atoms with van der Waals surface area (Å²) in [7, 11) is -3.17. The largest absolute Gasteiger partial charge is 0.353 e. The minimum absolute atomic E-state index is 0.0632. The number of rotatable bonds is 7. The van der Waals surface area contributed by atoms with Crippen LogP contribution in [-0.4, -0.2) is 37.9 Å². The molecule has 6 heteroatoms. The molecule has 1 aliphatic rings. The van der Waals surface area contributed by atoms with Crippen LogP contribution in [0.1, 0.15) is 32.6 Å². The Labute approximate surface area is 96.7 Å². The van der Waals surface area contributed by atoms with Crippen molar-refractivity contribution in [1.29, 1.82) is 0 Å². The predicted octanol–water partition coefficient (Wildman–Crippen LogP) is -0.193. The van der Waals surface area contributed by atoms with E-state index in [2.05, 4.69) is 5.32 Å². The molecule has 0 aromatic carbocycles. The Bertz CT molecular complexity index is 336. The molecule has 0 aromatic heterocycles. The lowest BCUT2D eigenvalue weighted by atomic mass is 10.3. The fourth-order valence-electron chi connectivity index (χ4n) is 1.38. The van der Waals surface area contributed by atoms with Crippen LogP contribution in [-0.2, 0) is 14.6 Å². The Hall–Kier alpha value is -0.620. The SMILES string of the molecule is CC(CCN)S(=O)(=O)CCC(=O)NC1CC1. The van der Waals surface area contributed by atoms with E-state index in [0.29, 0.717) is 13.0 Å². The van der Waals surface area contributed by atoms with E-state index in [4.69, 9.17) is 5.73 Å². The van der Waals surface area contributed by atoms with E-state index >= 15 is 0 Å². The average Bonchev–Trinajstić information content (AvgIpc) is 2.99. The van der Waals surface area contributed by atoms with Crippen LogP contribution in [0.5, 0.6) is 0 Å². The quantitative estimate of drug-likeness (QED) is 0.653. The van der Waals surface area contributed by atoms with Gasteiger partial charge < -0.3 is 11.1 Å². The van der Waals surface area contributed by atoms with Crippen LogP contribution in [0.3, 0.4) is 0 Å². The van der Waals surface area contributed by atoms with Crippen molar-refractivity contribution < 1.29 is 13.2 Å². The third-order valence-corrected chi connectivity index (χ3v) is 4.98. The zero-order valence-electron chi connectivity index (χ0n) is 9.61. The van der Waals surface area contributed by atoms with Gasteiger partial charge in [0.2, 0.25) is 5.91 Å². The van der Waals surface area contributed by atoms with E-state index < -0.39 is 15.1 Å². The van der Waals surface area contributed by atoms with Crippen molar-refractivity contribution in [2.45, 2.75) is 43.9 Å². The number of sulfone groups is 1. The Kier molecular flexibility index (Phi) is 4.73. The summed E-state index contributed by atoms with van der Waals surface area (Å²) < 4.78 is 23.4. The number of carbonyl (C=O) groups is 1. The highest BCUT2D eigenvalue weighted by Gasteiger charge is 2.25. The van der Waals surface area contributed by atoms with Gasteiger partial charge >= 0.3 is 0 Å². The molecule has 0 spiro atoms. The Morgan fingerprint density at radius 2 is 2.12 bits per heavy atom. The van der Waals surface area contributed by atoms with Crippen molar-refractivity contribution >= 4 is 15.7 Å². The molecule has 0 bridgehead atoms. The number of hydrogen-bond acceptors (Lipinski definition) is 4. The predicted molar refractivity (Wildman–Crippen MR) is 62.7 cm³/mol. The van der Waals surface area contributed by atoms with Crippen molar-refractivity contribution in [2.75, 3.05) is 12.3 Å². The van der Waals surface area contributed by atoms with Gasteiger partial charge in [-0.3, -0.25) is 4.79 Å². The lowest BCUT2D eigenvalue weighted by Crippen LogP contribution is -2.30. The van der Waals surface area contributed by atoms with Crippen LogP contribution in [0.25, 0.3) is 0 Å². The van der Waals surface area contributed by atoms with Crippen molar-refractivity contribution in [1.82, 2.24) is 5.32 Å². The molecule has 1 amide bonds. The summed E-state index contributed by atoms with van der Waals surface area (Å²) in [6, 6.07) is 0.289. The third-order valence-electron chi connectivity index (χ3n) is 2.74. The number of nitrogens with two attached hydrogens (primary N) is 1. The lowest BCUT2D eigenvalue weighted by molar-refractivity contribution is -0.120. The van der Waals surface area contributed by atoms with E-state index in [0.717, 1.165) is 12.8 Å². The summed E-state index contributed by atoms with van der Waals surface area (Å²) in [5.74, 6) is -0.238. The first-order valence-electron chi connectivity index (χ1n) is 5.66. The standard InChI is InChI=1S/C10H20N2O3S/c1-8(4-6-11)16(14,15)7-5-10(13)12-9-2-3-9/h8-9H,2-7,11H2,1H3,(H,12,13). The van der Waals surface area contributed by atoms with Gasteiger partial charge in [-0.2, -0.15) is 0 Å². The van der Waals surface area contributed by atoms with Crippen molar-refractivity contribution in [3.8, 4) is 0 Å². The zero-order valence-corrected chi connectivity index (χ0v) is 10.4. The third kappa shape index (κ3) is 4.49. The topological polar surface area (TPSA) is 89.3 Å². The fraction of sp³-hybridized carbons (Fsp3) is 0.900. The van der Waals surface area contributed by atoms with Gasteiger partial charge in [0.1, 0.15) is 0 Å². The van der Waals surface area contributed by atoms with Crippen LogP contribution in [0.15, 0.2) is 0 Å². The van der Waals surface area contributed by atoms with Gasteiger partial charge in [-0.25, -0.2) is 8.42 Å². The molecule has 0 saturated heterocycles. The zero-order chi connectivity index (χ0) is 12.2. The molecule has 3 N–H and O–H groups in total. The minimum Gasteiger partial charge on any atom is -0.353 e. The monoisotopic (exact) mass is 248 g/mol. The summed E-state index contributed by atoms with van der Waals surface area (Å²) in [4.78, 5) is 11.3. The van der Waals surface area contributed by atoms with Gasteiger partial charge in [0, 0.05) is 12.5 Å². The molecular weight excluding hydrogens is 228 g/mol. The van der Waals surface area contributed by atoms with E-state index in [-0.39, 0.29) is 24.1 Å². The van der Waals surface area contributed by atoms with Gasteiger partial charge in [-0.05, 0) is 32.7 Å². The summed E-state index contributed by atoms with van der Waals surface area (Å²) in [5.41, 5.74) is 5.31. The summed E-state index contributed by atoms with van der Waals surface area (Å²) in [6.07, 6.45) is 2.55. The molecule has 94 valence electrons. The van der Waals surface area contributed by atoms with E-state index in [1.807, 2.05) is 0 Å². The molecular formula is C10H20N2O3S. The summed E-state index contributed by atoms with van der Waals surface area (Å²) in [6.45, 7) is 2.00. The fourth-order valence-corrected chi connectivity index (χ4v) is 2.75. The number of hydrogen-bond donors (Lipinski definition) is 2. The van der Waals surface area contributed by atoms with Crippen LogP contribution in [0.4, 0.5) is 0 Å². The number of amides is 1. The summed E-state index contributed by atoms with van der Waals surface area (Å²) >= 11 is 0. The second-order valence-electron chi connectivity index (χ2n) is 4.35. The molecule has 1 unspecified atom stereocenters. The highest BCUT2D eigenvalue weighted by Crippen LogP contribution is 2.18. The van der Waals surface area contributed by atoms with Gasteiger partial charge in [-0.1, -0.05) is 0 Å². The van der Waals surface area contributed by atoms with Gasteiger partial charge in [0.05, 0.1) is 11.0 Å². The van der Waals surface area contributed by atoms with Crippen LogP contribution in [0.2, 0.25) is 0 Å². The van der Waals surface area contributed by atoms with E-state index in [1.165, 1.54) is 0 Å². The molecule has 0 aromatic rings. The molecule has 0 aliphatic heterocycles. The van der Waals surface area contributed by atoms with Gasteiger partial charge in [-0.15, -0.1) is 0 Å². The van der Waals surface area contributed by atoms with Crippen molar-refractivity contribution in [3.05, 3.63) is 0 Å². The summed E-state index contributed by atoms with van der Waals surface area (Å²) in [5, 5.41) is 2.32. The first-order valence-corrected chi connectivity index (χ1v) is 7.38. The highest BCUT2D eigenvalue weighted by molar-refractivity contribution is 7.92. The maximum absolute atomic E-state index is 11.7. The highest BCUT2D eigenvalue weighted by atomic mass is 32.2. The molecule has 0 heterocycles. The van der Waals surface area contributed by atoms with E-state index in [9.17, 15) is 13.2 Å². The Balaban J connectivity index is 2.31. The molecule has 5 nitrogen and oxygen atoms in total. The first-order chi connectivity index (χ1) is 7.45. The minimum atomic E-state index is -3.17. The first kappa shape index (κ1) is 13.4. The second kappa shape index (κ2) is 5.63. The second-order valence-corrected chi connectivity index (χ2v) is 6.89. The van der Waals surface area contributed by atoms with E-state index in [1.54, 1.807) is 6.92 Å². The Morgan fingerprint density at radius 3 is 2.62 bits per heavy atom. The molecule has 1 rings (SSSR count). The normalized spacial score (nSPS) is 18.1. The lowest BCUT2D eigenvalue weighted by Gasteiger charge is -2.11. The molecule has 1 atom stereocenters. The molecule has 1 aliphatic carbocycles. The molecule has 1 saturated carbocycles. The van der Waals surface area contributed by atoms with Crippen molar-refractivity contribution in [2.24, 2.45) is 5.73 Å².